The van der Waals surface area contributed by atoms with Gasteiger partial charge in [-0.25, -0.2) is 4.79 Å². The lowest BCUT2D eigenvalue weighted by atomic mass is 10.2. The molecule has 1 aliphatic heterocycles. The first-order valence-corrected chi connectivity index (χ1v) is 6.35. The number of nitrogens with zero attached hydrogens (tertiary/aromatic N) is 1. The maximum Gasteiger partial charge on any atom is 0.330 e. The lowest BCUT2D eigenvalue weighted by molar-refractivity contribution is -0.0330. The maximum absolute atomic E-state index is 11.5. The summed E-state index contributed by atoms with van der Waals surface area (Å²) in [6.07, 6.45) is 0.357. The molecule has 1 saturated heterocycles. The molecule has 1 aromatic rings. The quantitative estimate of drug-likeness (QED) is 0.569. The highest BCUT2D eigenvalue weighted by atomic mass is 127. The average Bonchev–Trinajstić information content (AvgIpc) is 2.60. The van der Waals surface area contributed by atoms with Crippen LogP contribution >= 0.6 is 22.6 Å². The van der Waals surface area contributed by atoms with E-state index in [1.807, 2.05) is 0 Å². The molecule has 1 fully saturated rings. The van der Waals surface area contributed by atoms with Gasteiger partial charge < -0.3 is 9.84 Å². The van der Waals surface area contributed by atoms with Crippen LogP contribution in [0.25, 0.3) is 0 Å². The van der Waals surface area contributed by atoms with Gasteiger partial charge in [0.1, 0.15) is 6.10 Å². The largest absolute Gasteiger partial charge is 0.388 e. The minimum Gasteiger partial charge on any atom is -0.388 e. The van der Waals surface area contributed by atoms with Crippen molar-refractivity contribution in [1.29, 1.82) is 0 Å². The van der Waals surface area contributed by atoms with E-state index in [1.165, 1.54) is 16.8 Å². The molecule has 0 spiro atoms. The first-order valence-electron chi connectivity index (χ1n) is 4.83. The minimum absolute atomic E-state index is 0.0561. The summed E-state index contributed by atoms with van der Waals surface area (Å²) in [5.41, 5.74) is -1.02. The number of aromatic amines is 1. The molecular formula is C9H11IN2O4. The van der Waals surface area contributed by atoms with Crippen LogP contribution in [-0.4, -0.2) is 31.3 Å². The molecule has 0 amide bonds. The Morgan fingerprint density at radius 1 is 1.62 bits per heavy atom. The summed E-state index contributed by atoms with van der Waals surface area (Å²) in [5, 5.41) is 9.76. The van der Waals surface area contributed by atoms with E-state index in [0.29, 0.717) is 6.42 Å². The van der Waals surface area contributed by atoms with Crippen LogP contribution in [-0.2, 0) is 4.74 Å². The Morgan fingerprint density at radius 3 is 2.94 bits per heavy atom. The number of alkyl halides is 1. The molecule has 2 heterocycles. The number of hydrogen-bond donors (Lipinski definition) is 2. The SMILES string of the molecule is O=c1ccn([C@@H]2O[C@H](CI)C[C@H]2O)c(=O)[nH]1. The predicted molar refractivity (Wildman–Crippen MR) is 64.7 cm³/mol. The highest BCUT2D eigenvalue weighted by molar-refractivity contribution is 14.1. The molecule has 2 rings (SSSR count). The van der Waals surface area contributed by atoms with Gasteiger partial charge in [-0.3, -0.25) is 14.3 Å². The zero-order valence-electron chi connectivity index (χ0n) is 8.30. The van der Waals surface area contributed by atoms with Gasteiger partial charge in [-0.2, -0.15) is 0 Å². The van der Waals surface area contributed by atoms with E-state index < -0.39 is 23.6 Å². The monoisotopic (exact) mass is 338 g/mol. The lowest BCUT2D eigenvalue weighted by Gasteiger charge is -2.16. The third kappa shape index (κ3) is 2.20. The fourth-order valence-corrected chi connectivity index (χ4v) is 2.27. The topological polar surface area (TPSA) is 84.3 Å². The van der Waals surface area contributed by atoms with E-state index in [-0.39, 0.29) is 6.10 Å². The van der Waals surface area contributed by atoms with Gasteiger partial charge in [0.25, 0.3) is 5.56 Å². The number of halogens is 1. The van der Waals surface area contributed by atoms with E-state index in [9.17, 15) is 14.7 Å². The zero-order chi connectivity index (χ0) is 11.7. The fourth-order valence-electron chi connectivity index (χ4n) is 1.71. The molecule has 88 valence electrons. The van der Waals surface area contributed by atoms with E-state index in [1.54, 1.807) is 0 Å². The third-order valence-electron chi connectivity index (χ3n) is 2.46. The fraction of sp³-hybridized carbons (Fsp3) is 0.556. The van der Waals surface area contributed by atoms with Crippen LogP contribution in [0.4, 0.5) is 0 Å². The summed E-state index contributed by atoms with van der Waals surface area (Å²) in [5.74, 6) is 0. The van der Waals surface area contributed by atoms with Crippen LogP contribution in [0.15, 0.2) is 21.9 Å². The maximum atomic E-state index is 11.5. The highest BCUT2D eigenvalue weighted by Gasteiger charge is 2.34. The summed E-state index contributed by atoms with van der Waals surface area (Å²) in [6, 6.07) is 1.23. The van der Waals surface area contributed by atoms with Gasteiger partial charge in [0.05, 0.1) is 6.10 Å². The molecule has 2 N–H and O–H groups in total. The van der Waals surface area contributed by atoms with Gasteiger partial charge >= 0.3 is 5.69 Å². The molecule has 1 aliphatic rings. The van der Waals surface area contributed by atoms with Crippen LogP contribution in [0.1, 0.15) is 12.6 Å². The lowest BCUT2D eigenvalue weighted by Crippen LogP contribution is -2.34. The molecule has 0 saturated carbocycles. The third-order valence-corrected chi connectivity index (χ3v) is 3.45. The van der Waals surface area contributed by atoms with Crippen molar-refractivity contribution in [2.24, 2.45) is 0 Å². The number of aliphatic hydroxyl groups is 1. The smallest absolute Gasteiger partial charge is 0.330 e. The molecule has 0 aliphatic carbocycles. The first-order chi connectivity index (χ1) is 7.61. The van der Waals surface area contributed by atoms with Crippen LogP contribution < -0.4 is 11.2 Å². The average molecular weight is 338 g/mol. The first kappa shape index (κ1) is 11.8. The van der Waals surface area contributed by atoms with Crippen LogP contribution in [0.2, 0.25) is 0 Å². The predicted octanol–water partition coefficient (Wildman–Crippen LogP) is -0.380. The summed E-state index contributed by atoms with van der Waals surface area (Å²) in [7, 11) is 0. The minimum atomic E-state index is -0.719. The van der Waals surface area contributed by atoms with Gasteiger partial charge in [0, 0.05) is 23.1 Å². The second kappa shape index (κ2) is 4.68. The number of aromatic nitrogens is 2. The van der Waals surface area contributed by atoms with Crippen molar-refractivity contribution in [3.8, 4) is 0 Å². The number of hydrogen-bond acceptors (Lipinski definition) is 4. The van der Waals surface area contributed by atoms with Crippen molar-refractivity contribution in [3.05, 3.63) is 33.1 Å². The number of aliphatic hydroxyl groups excluding tert-OH is 1. The second-order valence-electron chi connectivity index (χ2n) is 3.62. The van der Waals surface area contributed by atoms with Crippen molar-refractivity contribution in [1.82, 2.24) is 9.55 Å². The van der Waals surface area contributed by atoms with Gasteiger partial charge in [0.15, 0.2) is 6.23 Å². The van der Waals surface area contributed by atoms with Gasteiger partial charge in [-0.05, 0) is 0 Å². The number of H-pyrrole nitrogens is 1. The number of ether oxygens (including phenoxy) is 1. The van der Waals surface area contributed by atoms with Crippen LogP contribution in [0, 0.1) is 0 Å². The van der Waals surface area contributed by atoms with E-state index in [4.69, 9.17) is 4.74 Å². The Morgan fingerprint density at radius 2 is 2.38 bits per heavy atom. The molecular weight excluding hydrogens is 327 g/mol. The van der Waals surface area contributed by atoms with Crippen molar-refractivity contribution in [2.75, 3.05) is 4.43 Å². The van der Waals surface area contributed by atoms with E-state index in [2.05, 4.69) is 27.6 Å². The summed E-state index contributed by atoms with van der Waals surface area (Å²) in [6.45, 7) is 0. The molecule has 3 atom stereocenters. The standard InChI is InChI=1S/C9H11IN2O4/c10-4-5-3-6(13)8(16-5)12-2-1-7(14)11-9(12)15/h1-2,5-6,8,13H,3-4H2,(H,11,14,15)/t5-,6+,8+/m0/s1. The van der Waals surface area contributed by atoms with Gasteiger partial charge in [0.2, 0.25) is 0 Å². The Hall–Kier alpha value is -0.670. The molecule has 1 aromatic heterocycles. The zero-order valence-corrected chi connectivity index (χ0v) is 10.5. The highest BCUT2D eigenvalue weighted by Crippen LogP contribution is 2.28. The molecule has 0 radical (unpaired) electrons. The Bertz CT molecular complexity index is 483. The van der Waals surface area contributed by atoms with Crippen molar-refractivity contribution < 1.29 is 9.84 Å². The van der Waals surface area contributed by atoms with Crippen molar-refractivity contribution in [3.63, 3.8) is 0 Å². The van der Waals surface area contributed by atoms with Gasteiger partial charge in [-0.1, -0.05) is 22.6 Å². The summed E-state index contributed by atoms with van der Waals surface area (Å²) >= 11 is 2.16. The molecule has 0 unspecified atom stereocenters. The molecule has 7 heteroatoms. The van der Waals surface area contributed by atoms with Crippen molar-refractivity contribution in [2.45, 2.75) is 24.9 Å². The Kier molecular flexibility index (Phi) is 3.45. The van der Waals surface area contributed by atoms with Gasteiger partial charge in [-0.15, -0.1) is 0 Å². The summed E-state index contributed by atoms with van der Waals surface area (Å²) in [4.78, 5) is 24.5. The van der Waals surface area contributed by atoms with Crippen LogP contribution in [0.5, 0.6) is 0 Å². The molecule has 6 nitrogen and oxygen atoms in total. The Labute approximate surface area is 104 Å². The van der Waals surface area contributed by atoms with Crippen LogP contribution in [0.3, 0.4) is 0 Å². The number of nitrogens with one attached hydrogen (secondary N) is 1. The molecule has 0 bridgehead atoms. The Balaban J connectivity index is 2.31. The normalized spacial score (nSPS) is 29.5. The second-order valence-corrected chi connectivity index (χ2v) is 4.50. The van der Waals surface area contributed by atoms with Crippen molar-refractivity contribution >= 4 is 22.6 Å². The molecule has 0 aromatic carbocycles. The number of rotatable bonds is 2. The van der Waals surface area contributed by atoms with E-state index in [0.717, 1.165) is 4.43 Å². The van der Waals surface area contributed by atoms with E-state index >= 15 is 0 Å². The molecule has 16 heavy (non-hydrogen) atoms. The summed E-state index contributed by atoms with van der Waals surface area (Å²) < 4.78 is 7.47.